The fraction of sp³-hybridized carbons (Fsp3) is 0.125. The number of carbonyl (C=O) groups is 2. The molecule has 0 aromatic heterocycles. The van der Waals surface area contributed by atoms with E-state index in [1.54, 1.807) is 24.3 Å². The molecule has 102 valence electrons. The van der Waals surface area contributed by atoms with Gasteiger partial charge in [0.15, 0.2) is 9.71 Å². The van der Waals surface area contributed by atoms with Gasteiger partial charge in [-0.15, -0.1) is 0 Å². The number of ketones is 1. The highest BCUT2D eigenvalue weighted by molar-refractivity contribution is 14.1. The third-order valence-electron chi connectivity index (χ3n) is 2.72. The van der Waals surface area contributed by atoms with Crippen LogP contribution in [-0.2, 0) is 16.1 Å². The van der Waals surface area contributed by atoms with Crippen LogP contribution in [0, 0.1) is 0 Å². The van der Waals surface area contributed by atoms with E-state index >= 15 is 0 Å². The topological polar surface area (TPSA) is 43.4 Å². The molecular weight excluding hydrogens is 367 g/mol. The molecule has 0 aliphatic rings. The second kappa shape index (κ2) is 7.19. The predicted octanol–water partition coefficient (Wildman–Crippen LogP) is 3.42. The lowest BCUT2D eigenvalue weighted by Crippen LogP contribution is -2.26. The van der Waals surface area contributed by atoms with Crippen molar-refractivity contribution in [3.63, 3.8) is 0 Å². The second-order valence-corrected chi connectivity index (χ2v) is 5.43. The Bertz CT molecular complexity index is 581. The maximum atomic E-state index is 12.1. The van der Waals surface area contributed by atoms with E-state index in [0.717, 1.165) is 5.56 Å². The highest BCUT2D eigenvalue weighted by atomic mass is 127. The molecule has 0 aliphatic heterocycles. The van der Waals surface area contributed by atoms with Gasteiger partial charge in [0, 0.05) is 5.56 Å². The van der Waals surface area contributed by atoms with Gasteiger partial charge in [0.05, 0.1) is 0 Å². The SMILES string of the molecule is O=C(OCc1ccccc1)C(I)C(=O)c1ccccc1. The van der Waals surface area contributed by atoms with Crippen molar-refractivity contribution in [3.8, 4) is 0 Å². The third-order valence-corrected chi connectivity index (χ3v) is 3.79. The molecular formula is C16H13IO3. The summed E-state index contributed by atoms with van der Waals surface area (Å²) in [6, 6.07) is 18.1. The van der Waals surface area contributed by atoms with E-state index in [2.05, 4.69) is 0 Å². The van der Waals surface area contributed by atoms with Crippen LogP contribution in [0.25, 0.3) is 0 Å². The average Bonchev–Trinajstić information content (AvgIpc) is 2.53. The van der Waals surface area contributed by atoms with Gasteiger partial charge in [-0.2, -0.15) is 0 Å². The summed E-state index contributed by atoms with van der Waals surface area (Å²) >= 11 is 1.82. The molecule has 0 spiro atoms. The van der Waals surface area contributed by atoms with Gasteiger partial charge in [-0.05, 0) is 5.56 Å². The average molecular weight is 380 g/mol. The van der Waals surface area contributed by atoms with Crippen molar-refractivity contribution < 1.29 is 14.3 Å². The molecule has 1 atom stereocenters. The Kier molecular flexibility index (Phi) is 5.29. The predicted molar refractivity (Wildman–Crippen MR) is 84.8 cm³/mol. The van der Waals surface area contributed by atoms with Gasteiger partial charge in [0.2, 0.25) is 0 Å². The molecule has 0 bridgehead atoms. The van der Waals surface area contributed by atoms with Gasteiger partial charge < -0.3 is 4.74 Å². The molecule has 0 N–H and O–H groups in total. The summed E-state index contributed by atoms with van der Waals surface area (Å²) in [5, 5.41) is 0. The second-order valence-electron chi connectivity index (χ2n) is 4.19. The van der Waals surface area contributed by atoms with Crippen molar-refractivity contribution >= 4 is 34.3 Å². The molecule has 1 unspecified atom stereocenters. The lowest BCUT2D eigenvalue weighted by molar-refractivity contribution is -0.142. The highest BCUT2D eigenvalue weighted by Crippen LogP contribution is 2.13. The standard InChI is InChI=1S/C16H13IO3/c17-14(15(18)13-9-5-2-6-10-13)16(19)20-11-12-7-3-1-4-8-12/h1-10,14H,11H2. The van der Waals surface area contributed by atoms with Gasteiger partial charge in [0.1, 0.15) is 6.61 Å². The molecule has 0 radical (unpaired) electrons. The number of benzene rings is 2. The Balaban J connectivity index is 1.94. The summed E-state index contributed by atoms with van der Waals surface area (Å²) in [5.74, 6) is -0.743. The lowest BCUT2D eigenvalue weighted by atomic mass is 10.1. The van der Waals surface area contributed by atoms with Crippen LogP contribution < -0.4 is 0 Å². The smallest absolute Gasteiger partial charge is 0.327 e. The summed E-state index contributed by atoms with van der Waals surface area (Å²) in [6.07, 6.45) is 0. The summed E-state index contributed by atoms with van der Waals surface area (Å²) in [4.78, 5) is 24.0. The van der Waals surface area contributed by atoms with Crippen molar-refractivity contribution in [1.29, 1.82) is 0 Å². The summed E-state index contributed by atoms with van der Waals surface area (Å²) < 4.78 is 4.34. The van der Waals surface area contributed by atoms with Gasteiger partial charge in [-0.25, -0.2) is 0 Å². The molecule has 2 aromatic carbocycles. The van der Waals surface area contributed by atoms with E-state index in [-0.39, 0.29) is 12.4 Å². The van der Waals surface area contributed by atoms with Gasteiger partial charge in [-0.1, -0.05) is 83.3 Å². The number of hydrogen-bond donors (Lipinski definition) is 0. The van der Waals surface area contributed by atoms with Crippen LogP contribution in [-0.4, -0.2) is 15.7 Å². The highest BCUT2D eigenvalue weighted by Gasteiger charge is 2.25. The van der Waals surface area contributed by atoms with Crippen LogP contribution in [0.5, 0.6) is 0 Å². The fourth-order valence-electron chi connectivity index (χ4n) is 1.66. The number of ether oxygens (including phenoxy) is 1. The Labute approximate surface area is 131 Å². The Hall–Kier alpha value is -1.69. The number of halogens is 1. The molecule has 0 amide bonds. The van der Waals surface area contributed by atoms with Crippen LogP contribution in [0.3, 0.4) is 0 Å². The monoisotopic (exact) mass is 380 g/mol. The first kappa shape index (κ1) is 14.7. The molecule has 0 heterocycles. The zero-order chi connectivity index (χ0) is 14.4. The van der Waals surface area contributed by atoms with Crippen LogP contribution >= 0.6 is 22.6 Å². The molecule has 0 saturated carbocycles. The third kappa shape index (κ3) is 3.90. The number of hydrogen-bond acceptors (Lipinski definition) is 3. The minimum atomic E-state index is -0.821. The minimum absolute atomic E-state index is 0.182. The van der Waals surface area contributed by atoms with E-state index in [4.69, 9.17) is 4.74 Å². The quantitative estimate of drug-likeness (QED) is 0.263. The fourth-order valence-corrected chi connectivity index (χ4v) is 2.20. The number of alkyl halides is 1. The van der Waals surface area contributed by atoms with Crippen LogP contribution in [0.1, 0.15) is 15.9 Å². The maximum Gasteiger partial charge on any atom is 0.327 e. The van der Waals surface area contributed by atoms with Gasteiger partial charge >= 0.3 is 5.97 Å². The maximum absolute atomic E-state index is 12.1. The van der Waals surface area contributed by atoms with Crippen LogP contribution in [0.4, 0.5) is 0 Å². The van der Waals surface area contributed by atoms with Crippen molar-refractivity contribution in [3.05, 3.63) is 71.8 Å². The number of carbonyl (C=O) groups excluding carboxylic acids is 2. The van der Waals surface area contributed by atoms with E-state index < -0.39 is 9.89 Å². The number of esters is 1. The van der Waals surface area contributed by atoms with Crippen molar-refractivity contribution in [2.24, 2.45) is 0 Å². The van der Waals surface area contributed by atoms with Crippen LogP contribution in [0.15, 0.2) is 60.7 Å². The first-order valence-corrected chi connectivity index (χ1v) is 7.37. The molecule has 0 fully saturated rings. The molecule has 20 heavy (non-hydrogen) atoms. The normalized spacial score (nSPS) is 11.7. The molecule has 2 aromatic rings. The Morgan fingerprint density at radius 1 is 0.950 bits per heavy atom. The number of rotatable bonds is 5. The van der Waals surface area contributed by atoms with E-state index in [9.17, 15) is 9.59 Å². The first-order valence-electron chi connectivity index (χ1n) is 6.12. The number of Topliss-reactive ketones (excluding diaryl/α,β-unsaturated/α-hetero) is 1. The summed E-state index contributed by atoms with van der Waals surface area (Å²) in [5.41, 5.74) is 1.42. The summed E-state index contributed by atoms with van der Waals surface area (Å²) in [6.45, 7) is 0.182. The Morgan fingerprint density at radius 2 is 1.50 bits per heavy atom. The molecule has 3 nitrogen and oxygen atoms in total. The van der Waals surface area contributed by atoms with E-state index in [1.807, 2.05) is 59.0 Å². The molecule has 4 heteroatoms. The van der Waals surface area contributed by atoms with Crippen molar-refractivity contribution in [2.45, 2.75) is 10.5 Å². The first-order chi connectivity index (χ1) is 9.68. The van der Waals surface area contributed by atoms with Crippen LogP contribution in [0.2, 0.25) is 0 Å². The van der Waals surface area contributed by atoms with Crippen molar-refractivity contribution in [2.75, 3.05) is 0 Å². The Morgan fingerprint density at radius 3 is 2.10 bits per heavy atom. The van der Waals surface area contributed by atoms with Crippen molar-refractivity contribution in [1.82, 2.24) is 0 Å². The van der Waals surface area contributed by atoms with Gasteiger partial charge in [0.25, 0.3) is 0 Å². The lowest BCUT2D eigenvalue weighted by Gasteiger charge is -2.09. The minimum Gasteiger partial charge on any atom is -0.460 e. The van der Waals surface area contributed by atoms with Gasteiger partial charge in [-0.3, -0.25) is 9.59 Å². The zero-order valence-corrected chi connectivity index (χ0v) is 12.8. The van der Waals surface area contributed by atoms with E-state index in [0.29, 0.717) is 5.56 Å². The zero-order valence-electron chi connectivity index (χ0n) is 10.7. The molecule has 2 rings (SSSR count). The van der Waals surface area contributed by atoms with E-state index in [1.165, 1.54) is 0 Å². The summed E-state index contributed by atoms with van der Waals surface area (Å²) in [7, 11) is 0. The largest absolute Gasteiger partial charge is 0.460 e. The molecule has 0 aliphatic carbocycles. The molecule has 0 saturated heterocycles.